The van der Waals surface area contributed by atoms with Gasteiger partial charge in [0.15, 0.2) is 6.61 Å². The molecule has 1 aromatic heterocycles. The Bertz CT molecular complexity index is 843. The van der Waals surface area contributed by atoms with Crippen LogP contribution in [0, 0.1) is 6.92 Å². The average Bonchev–Trinajstić information content (AvgIpc) is 3.05. The van der Waals surface area contributed by atoms with Crippen LogP contribution >= 0.6 is 0 Å². The molecular formula is C18H16N2O4. The summed E-state index contributed by atoms with van der Waals surface area (Å²) in [6.45, 7) is 1.61. The molecule has 0 aliphatic carbocycles. The fraction of sp³-hybridized carbons (Fsp3) is 0.167. The van der Waals surface area contributed by atoms with E-state index in [4.69, 9.17) is 13.9 Å². The first kappa shape index (κ1) is 15.7. The molecule has 0 saturated carbocycles. The van der Waals surface area contributed by atoms with Crippen LogP contribution in [-0.2, 0) is 11.3 Å². The summed E-state index contributed by atoms with van der Waals surface area (Å²) in [4.78, 5) is 12.3. The van der Waals surface area contributed by atoms with Crippen molar-refractivity contribution in [3.05, 3.63) is 65.9 Å². The highest BCUT2D eigenvalue weighted by molar-refractivity contribution is 5.92. The van der Waals surface area contributed by atoms with E-state index in [0.717, 1.165) is 11.1 Å². The second kappa shape index (κ2) is 6.95. The molecule has 1 heterocycles. The van der Waals surface area contributed by atoms with E-state index < -0.39 is 5.97 Å². The molecule has 122 valence electrons. The Labute approximate surface area is 139 Å². The predicted molar refractivity (Wildman–Crippen MR) is 86.6 cm³/mol. The number of nitrogens with zero attached hydrogens (tertiary/aromatic N) is 2. The van der Waals surface area contributed by atoms with Crippen molar-refractivity contribution in [3.8, 4) is 16.9 Å². The number of esters is 1. The summed E-state index contributed by atoms with van der Waals surface area (Å²) < 4.78 is 15.8. The van der Waals surface area contributed by atoms with E-state index in [1.54, 1.807) is 32.2 Å². The molecule has 0 aliphatic rings. The van der Waals surface area contributed by atoms with E-state index in [9.17, 15) is 4.79 Å². The van der Waals surface area contributed by atoms with Crippen LogP contribution in [-0.4, -0.2) is 23.3 Å². The minimum Gasteiger partial charge on any atom is -0.496 e. The lowest BCUT2D eigenvalue weighted by atomic mass is 10.0. The maximum Gasteiger partial charge on any atom is 0.338 e. The summed E-state index contributed by atoms with van der Waals surface area (Å²) in [7, 11) is 1.59. The lowest BCUT2D eigenvalue weighted by molar-refractivity contribution is 0.0437. The molecule has 6 nitrogen and oxygen atoms in total. The van der Waals surface area contributed by atoms with Gasteiger partial charge in [-0.1, -0.05) is 30.3 Å². The molecule has 0 fully saturated rings. The van der Waals surface area contributed by atoms with Gasteiger partial charge in [0.25, 0.3) is 5.89 Å². The summed E-state index contributed by atoms with van der Waals surface area (Å²) >= 11 is 0. The van der Waals surface area contributed by atoms with Gasteiger partial charge in [0.2, 0.25) is 5.89 Å². The quantitative estimate of drug-likeness (QED) is 0.670. The number of hydrogen-bond acceptors (Lipinski definition) is 6. The van der Waals surface area contributed by atoms with Gasteiger partial charge in [-0.05, 0) is 23.8 Å². The molecule has 0 N–H and O–H groups in total. The van der Waals surface area contributed by atoms with Crippen molar-refractivity contribution in [1.29, 1.82) is 0 Å². The largest absolute Gasteiger partial charge is 0.496 e. The lowest BCUT2D eigenvalue weighted by Crippen LogP contribution is -2.06. The molecule has 0 aliphatic heterocycles. The van der Waals surface area contributed by atoms with Gasteiger partial charge in [-0.2, -0.15) is 0 Å². The molecule has 0 amide bonds. The predicted octanol–water partition coefficient (Wildman–Crippen LogP) is 3.41. The van der Waals surface area contributed by atoms with E-state index in [1.165, 1.54) is 0 Å². The number of benzene rings is 2. The van der Waals surface area contributed by atoms with Crippen molar-refractivity contribution in [1.82, 2.24) is 10.2 Å². The molecule has 0 atom stereocenters. The van der Waals surface area contributed by atoms with Gasteiger partial charge in [0.05, 0.1) is 12.7 Å². The average molecular weight is 324 g/mol. The van der Waals surface area contributed by atoms with Crippen molar-refractivity contribution in [2.45, 2.75) is 13.5 Å². The third-order valence-corrected chi connectivity index (χ3v) is 3.41. The molecule has 6 heteroatoms. The van der Waals surface area contributed by atoms with Gasteiger partial charge < -0.3 is 13.9 Å². The number of carbonyl (C=O) groups is 1. The third kappa shape index (κ3) is 3.43. The highest BCUT2D eigenvalue weighted by Gasteiger charge is 2.14. The molecule has 0 spiro atoms. The Kier molecular flexibility index (Phi) is 4.56. The minimum atomic E-state index is -0.467. The van der Waals surface area contributed by atoms with Crippen LogP contribution in [0.3, 0.4) is 0 Å². The summed E-state index contributed by atoms with van der Waals surface area (Å²) in [5.74, 6) is 0.908. The number of aryl methyl sites for hydroxylation is 1. The number of ether oxygens (including phenoxy) is 2. The van der Waals surface area contributed by atoms with Gasteiger partial charge in [-0.15, -0.1) is 10.2 Å². The Morgan fingerprint density at radius 1 is 1.12 bits per heavy atom. The topological polar surface area (TPSA) is 74.5 Å². The monoisotopic (exact) mass is 324 g/mol. The zero-order valence-electron chi connectivity index (χ0n) is 13.4. The van der Waals surface area contributed by atoms with Crippen molar-refractivity contribution in [3.63, 3.8) is 0 Å². The molecule has 3 aromatic rings. The smallest absolute Gasteiger partial charge is 0.338 e. The number of carbonyl (C=O) groups excluding carboxylic acids is 1. The van der Waals surface area contributed by atoms with Gasteiger partial charge in [0, 0.05) is 12.5 Å². The van der Waals surface area contributed by atoms with Crippen molar-refractivity contribution < 1.29 is 18.7 Å². The van der Waals surface area contributed by atoms with Crippen molar-refractivity contribution in [2.24, 2.45) is 0 Å². The van der Waals surface area contributed by atoms with Crippen LogP contribution in [0.1, 0.15) is 22.1 Å². The Balaban J connectivity index is 1.81. The second-order valence-electron chi connectivity index (χ2n) is 5.07. The van der Waals surface area contributed by atoms with Crippen LogP contribution in [0.25, 0.3) is 11.1 Å². The van der Waals surface area contributed by atoms with Crippen LogP contribution in [0.2, 0.25) is 0 Å². The number of rotatable bonds is 5. The summed E-state index contributed by atoms with van der Waals surface area (Å²) in [5, 5.41) is 7.48. The van der Waals surface area contributed by atoms with Gasteiger partial charge in [-0.25, -0.2) is 4.79 Å². The summed E-state index contributed by atoms with van der Waals surface area (Å²) in [6, 6.07) is 14.8. The van der Waals surface area contributed by atoms with E-state index in [-0.39, 0.29) is 12.5 Å². The fourth-order valence-corrected chi connectivity index (χ4v) is 2.28. The number of hydrogen-bond donors (Lipinski definition) is 0. The van der Waals surface area contributed by atoms with Crippen LogP contribution in [0.15, 0.2) is 52.9 Å². The normalized spacial score (nSPS) is 10.4. The second-order valence-corrected chi connectivity index (χ2v) is 5.07. The Hall–Kier alpha value is -3.15. The van der Waals surface area contributed by atoms with Gasteiger partial charge >= 0.3 is 5.97 Å². The SMILES string of the molecule is COc1ccc(C(=O)OCc2nnc(C)o2)cc1-c1ccccc1. The van der Waals surface area contributed by atoms with Crippen LogP contribution in [0.5, 0.6) is 5.75 Å². The van der Waals surface area contributed by atoms with Gasteiger partial charge in [0.1, 0.15) is 5.75 Å². The molecule has 24 heavy (non-hydrogen) atoms. The van der Waals surface area contributed by atoms with Crippen molar-refractivity contribution in [2.75, 3.05) is 7.11 Å². The first-order valence-electron chi connectivity index (χ1n) is 7.37. The molecule has 3 rings (SSSR count). The van der Waals surface area contributed by atoms with Gasteiger partial charge in [-0.3, -0.25) is 0 Å². The number of aromatic nitrogens is 2. The highest BCUT2D eigenvalue weighted by Crippen LogP contribution is 2.31. The fourth-order valence-electron chi connectivity index (χ4n) is 2.28. The van der Waals surface area contributed by atoms with E-state index in [2.05, 4.69) is 10.2 Å². The van der Waals surface area contributed by atoms with Crippen LogP contribution in [0.4, 0.5) is 0 Å². The molecule has 0 radical (unpaired) electrons. The zero-order chi connectivity index (χ0) is 16.9. The molecule has 2 aromatic carbocycles. The lowest BCUT2D eigenvalue weighted by Gasteiger charge is -2.10. The Morgan fingerprint density at radius 3 is 2.58 bits per heavy atom. The third-order valence-electron chi connectivity index (χ3n) is 3.41. The molecule has 0 bridgehead atoms. The van der Waals surface area contributed by atoms with E-state index in [1.807, 2.05) is 30.3 Å². The highest BCUT2D eigenvalue weighted by atomic mass is 16.5. The summed E-state index contributed by atoms with van der Waals surface area (Å²) in [6.07, 6.45) is 0. The Morgan fingerprint density at radius 2 is 1.92 bits per heavy atom. The number of methoxy groups -OCH3 is 1. The van der Waals surface area contributed by atoms with E-state index >= 15 is 0 Å². The minimum absolute atomic E-state index is 0.0631. The standard InChI is InChI=1S/C18H16N2O4/c1-12-19-20-17(24-12)11-23-18(21)14-8-9-16(22-2)15(10-14)13-6-4-3-5-7-13/h3-10H,11H2,1-2H3. The first-order chi connectivity index (χ1) is 11.7. The molecular weight excluding hydrogens is 308 g/mol. The van der Waals surface area contributed by atoms with Crippen LogP contribution < -0.4 is 4.74 Å². The van der Waals surface area contributed by atoms with E-state index in [0.29, 0.717) is 17.2 Å². The first-order valence-corrected chi connectivity index (χ1v) is 7.37. The zero-order valence-corrected chi connectivity index (χ0v) is 13.4. The maximum atomic E-state index is 12.3. The van der Waals surface area contributed by atoms with Crippen molar-refractivity contribution >= 4 is 5.97 Å². The molecule has 0 unspecified atom stereocenters. The molecule has 0 saturated heterocycles. The summed E-state index contributed by atoms with van der Waals surface area (Å²) in [5.41, 5.74) is 2.20. The maximum absolute atomic E-state index is 12.3.